The first-order valence-electron chi connectivity index (χ1n) is 9.85. The fourth-order valence-electron chi connectivity index (χ4n) is 4.10. The second-order valence-electron chi connectivity index (χ2n) is 7.54. The minimum atomic E-state index is -0.309. The zero-order valence-electron chi connectivity index (χ0n) is 16.5. The van der Waals surface area contributed by atoms with Crippen LogP contribution in [0, 0.1) is 6.92 Å². The summed E-state index contributed by atoms with van der Waals surface area (Å²) in [6.07, 6.45) is 2.26. The number of allylic oxidation sites excluding steroid dienone is 2. The predicted octanol–water partition coefficient (Wildman–Crippen LogP) is 4.28. The Bertz CT molecular complexity index is 1130. The minimum absolute atomic E-state index is 0.171. The maximum atomic E-state index is 12.9. The number of hydrogen-bond acceptors (Lipinski definition) is 5. The molecule has 0 fully saturated rings. The van der Waals surface area contributed by atoms with E-state index in [-0.39, 0.29) is 11.8 Å². The Hall–Kier alpha value is -3.41. The summed E-state index contributed by atoms with van der Waals surface area (Å²) < 4.78 is 7.26. The summed E-state index contributed by atoms with van der Waals surface area (Å²) in [6, 6.07) is 15.7. The second-order valence-corrected chi connectivity index (χ2v) is 7.54. The molecule has 6 nitrogen and oxygen atoms in total. The Balaban J connectivity index is 1.67. The van der Waals surface area contributed by atoms with Crippen molar-refractivity contribution in [3.8, 4) is 17.1 Å². The highest BCUT2D eigenvalue weighted by atomic mass is 16.5. The van der Waals surface area contributed by atoms with Crippen molar-refractivity contribution in [2.75, 3.05) is 12.4 Å². The van der Waals surface area contributed by atoms with Gasteiger partial charge in [0.25, 0.3) is 0 Å². The standard InChI is InChI=1S/C23H22N4O2/c1-14-9-11-15(12-10-14)22-25-23-24-18-7-4-8-19(28)20(18)21(27(23)26-22)16-5-3-6-17(13-16)29-2/h3,5-6,9-13,21H,4,7-8H2,1-2H3,(H,24,25,26). The van der Waals surface area contributed by atoms with Crippen molar-refractivity contribution in [2.45, 2.75) is 32.2 Å². The predicted molar refractivity (Wildman–Crippen MR) is 111 cm³/mol. The molecule has 0 bridgehead atoms. The average Bonchev–Trinajstić information content (AvgIpc) is 3.16. The Labute approximate surface area is 169 Å². The zero-order valence-corrected chi connectivity index (χ0v) is 16.5. The van der Waals surface area contributed by atoms with E-state index >= 15 is 0 Å². The summed E-state index contributed by atoms with van der Waals surface area (Å²) in [5.74, 6) is 2.24. The maximum absolute atomic E-state index is 12.9. The molecule has 0 saturated heterocycles. The van der Waals surface area contributed by atoms with Crippen LogP contribution in [0.1, 0.15) is 36.4 Å². The smallest absolute Gasteiger partial charge is 0.226 e. The monoisotopic (exact) mass is 386 g/mol. The fourth-order valence-corrected chi connectivity index (χ4v) is 4.10. The van der Waals surface area contributed by atoms with E-state index in [1.54, 1.807) is 7.11 Å². The van der Waals surface area contributed by atoms with Gasteiger partial charge in [-0.15, -0.1) is 5.10 Å². The SMILES string of the molecule is COc1cccc(C2C3=C(CCCC3=O)Nc3nc(-c4ccc(C)cc4)nn32)c1. The van der Waals surface area contributed by atoms with E-state index in [1.807, 2.05) is 41.1 Å². The molecule has 1 N–H and O–H groups in total. The van der Waals surface area contributed by atoms with E-state index in [2.05, 4.69) is 24.4 Å². The van der Waals surface area contributed by atoms with Crippen molar-refractivity contribution >= 4 is 11.7 Å². The van der Waals surface area contributed by atoms with Gasteiger partial charge < -0.3 is 10.1 Å². The number of anilines is 1. The lowest BCUT2D eigenvalue weighted by Gasteiger charge is -2.32. The van der Waals surface area contributed by atoms with Gasteiger partial charge in [0.2, 0.25) is 5.95 Å². The van der Waals surface area contributed by atoms with Gasteiger partial charge in [0.15, 0.2) is 11.6 Å². The highest BCUT2D eigenvalue weighted by molar-refractivity contribution is 5.99. The van der Waals surface area contributed by atoms with Crippen LogP contribution in [0.25, 0.3) is 11.4 Å². The fraction of sp³-hybridized carbons (Fsp3) is 0.261. The molecule has 1 unspecified atom stereocenters. The number of benzene rings is 2. The normalized spacial score (nSPS) is 18.1. The molecule has 2 aliphatic rings. The topological polar surface area (TPSA) is 69.0 Å². The van der Waals surface area contributed by atoms with Crippen LogP contribution >= 0.6 is 0 Å². The van der Waals surface area contributed by atoms with Crippen LogP contribution in [0.15, 0.2) is 59.8 Å². The molecule has 1 aliphatic carbocycles. The number of aromatic nitrogens is 3. The number of carbonyl (C=O) groups is 1. The first-order chi connectivity index (χ1) is 14.1. The summed E-state index contributed by atoms with van der Waals surface area (Å²) >= 11 is 0. The third-order valence-electron chi connectivity index (χ3n) is 5.59. The van der Waals surface area contributed by atoms with Crippen molar-refractivity contribution in [2.24, 2.45) is 0 Å². The molecule has 146 valence electrons. The first-order valence-corrected chi connectivity index (χ1v) is 9.85. The molecule has 0 amide bonds. The van der Waals surface area contributed by atoms with Gasteiger partial charge >= 0.3 is 0 Å². The molecule has 1 aromatic heterocycles. The number of Topliss-reactive ketones (excluding diaryl/α,β-unsaturated/α-hetero) is 1. The summed E-state index contributed by atoms with van der Waals surface area (Å²) in [5, 5.41) is 8.18. The van der Waals surface area contributed by atoms with Gasteiger partial charge in [-0.1, -0.05) is 42.0 Å². The molecule has 0 spiro atoms. The van der Waals surface area contributed by atoms with Gasteiger partial charge in [0.05, 0.1) is 7.11 Å². The molecule has 1 aliphatic heterocycles. The number of nitrogens with zero attached hydrogens (tertiary/aromatic N) is 3. The molecule has 2 aromatic carbocycles. The number of nitrogens with one attached hydrogen (secondary N) is 1. The highest BCUT2D eigenvalue weighted by Crippen LogP contribution is 2.41. The number of fused-ring (bicyclic) bond motifs is 1. The number of hydrogen-bond donors (Lipinski definition) is 1. The lowest BCUT2D eigenvalue weighted by Crippen LogP contribution is -2.31. The van der Waals surface area contributed by atoms with Gasteiger partial charge in [-0.05, 0) is 37.5 Å². The van der Waals surface area contributed by atoms with Crippen LogP contribution in [0.2, 0.25) is 0 Å². The summed E-state index contributed by atoms with van der Waals surface area (Å²) in [6.45, 7) is 2.05. The Kier molecular flexibility index (Phi) is 4.19. The maximum Gasteiger partial charge on any atom is 0.226 e. The van der Waals surface area contributed by atoms with Crippen LogP contribution in [0.5, 0.6) is 5.75 Å². The minimum Gasteiger partial charge on any atom is -0.497 e. The Morgan fingerprint density at radius 2 is 1.97 bits per heavy atom. The van der Waals surface area contributed by atoms with E-state index in [0.717, 1.165) is 41.0 Å². The largest absolute Gasteiger partial charge is 0.497 e. The lowest BCUT2D eigenvalue weighted by atomic mass is 9.85. The molecular weight excluding hydrogens is 364 g/mol. The average molecular weight is 386 g/mol. The van der Waals surface area contributed by atoms with E-state index in [4.69, 9.17) is 14.8 Å². The Morgan fingerprint density at radius 3 is 2.76 bits per heavy atom. The highest BCUT2D eigenvalue weighted by Gasteiger charge is 2.37. The molecule has 5 rings (SSSR count). The second kappa shape index (κ2) is 6.88. The molecular formula is C23H22N4O2. The van der Waals surface area contributed by atoms with Crippen molar-refractivity contribution < 1.29 is 9.53 Å². The van der Waals surface area contributed by atoms with Crippen LogP contribution < -0.4 is 10.1 Å². The zero-order chi connectivity index (χ0) is 20.0. The summed E-state index contributed by atoms with van der Waals surface area (Å²) in [5.41, 5.74) is 4.86. The molecule has 6 heteroatoms. The van der Waals surface area contributed by atoms with Gasteiger partial charge in [-0.25, -0.2) is 4.68 Å². The van der Waals surface area contributed by atoms with Gasteiger partial charge in [0, 0.05) is 23.3 Å². The molecule has 0 saturated carbocycles. The third-order valence-corrected chi connectivity index (χ3v) is 5.59. The molecule has 3 aromatic rings. The summed E-state index contributed by atoms with van der Waals surface area (Å²) in [7, 11) is 1.65. The number of ether oxygens (including phenoxy) is 1. The van der Waals surface area contributed by atoms with Crippen molar-refractivity contribution in [1.29, 1.82) is 0 Å². The van der Waals surface area contributed by atoms with Crippen molar-refractivity contribution in [3.63, 3.8) is 0 Å². The molecule has 1 atom stereocenters. The van der Waals surface area contributed by atoms with E-state index in [0.29, 0.717) is 18.2 Å². The number of ketones is 1. The van der Waals surface area contributed by atoms with Crippen LogP contribution in [0.4, 0.5) is 5.95 Å². The lowest BCUT2D eigenvalue weighted by molar-refractivity contribution is -0.116. The first kappa shape index (κ1) is 17.7. The van der Waals surface area contributed by atoms with Crippen LogP contribution in [0.3, 0.4) is 0 Å². The van der Waals surface area contributed by atoms with Crippen LogP contribution in [-0.2, 0) is 4.79 Å². The number of carbonyl (C=O) groups excluding carboxylic acids is 1. The molecule has 0 radical (unpaired) electrons. The van der Waals surface area contributed by atoms with E-state index < -0.39 is 0 Å². The van der Waals surface area contributed by atoms with Gasteiger partial charge in [-0.3, -0.25) is 4.79 Å². The van der Waals surface area contributed by atoms with Gasteiger partial charge in [0.1, 0.15) is 11.8 Å². The third kappa shape index (κ3) is 3.01. The van der Waals surface area contributed by atoms with Crippen molar-refractivity contribution in [1.82, 2.24) is 14.8 Å². The number of rotatable bonds is 3. The number of aryl methyl sites for hydroxylation is 1. The molecule has 2 heterocycles. The van der Waals surface area contributed by atoms with Crippen LogP contribution in [-0.4, -0.2) is 27.7 Å². The molecule has 29 heavy (non-hydrogen) atoms. The van der Waals surface area contributed by atoms with Gasteiger partial charge in [-0.2, -0.15) is 4.98 Å². The van der Waals surface area contributed by atoms with E-state index in [1.165, 1.54) is 5.56 Å². The van der Waals surface area contributed by atoms with E-state index in [9.17, 15) is 4.79 Å². The quantitative estimate of drug-likeness (QED) is 0.727. The Morgan fingerprint density at radius 1 is 1.14 bits per heavy atom. The number of methoxy groups -OCH3 is 1. The summed E-state index contributed by atoms with van der Waals surface area (Å²) in [4.78, 5) is 17.6. The van der Waals surface area contributed by atoms with Crippen molar-refractivity contribution in [3.05, 3.63) is 70.9 Å².